The topological polar surface area (TPSA) is 125 Å². The molecule has 1 aliphatic rings. The van der Waals surface area contributed by atoms with Gasteiger partial charge in [0.25, 0.3) is 0 Å². The Morgan fingerprint density at radius 1 is 1.18 bits per heavy atom. The smallest absolute Gasteiger partial charge is 0.407 e. The van der Waals surface area contributed by atoms with Gasteiger partial charge in [-0.15, -0.1) is 0 Å². The normalized spacial score (nSPS) is 15.7. The van der Waals surface area contributed by atoms with Crippen molar-refractivity contribution in [2.24, 2.45) is 0 Å². The highest BCUT2D eigenvalue weighted by molar-refractivity contribution is 6.34. The molecule has 10 nitrogen and oxygen atoms in total. The van der Waals surface area contributed by atoms with Gasteiger partial charge in [0.05, 0.1) is 27.5 Å². The molecule has 2 N–H and O–H groups in total. The molecule has 0 bridgehead atoms. The summed E-state index contributed by atoms with van der Waals surface area (Å²) in [6.45, 7) is 8.38. The van der Waals surface area contributed by atoms with Crippen LogP contribution in [-0.2, 0) is 0 Å². The monoisotopic (exact) mass is 566 g/mol. The Kier molecular flexibility index (Phi) is 7.09. The average molecular weight is 567 g/mol. The molecule has 1 fully saturated rings. The van der Waals surface area contributed by atoms with Gasteiger partial charge in [-0.1, -0.05) is 25.4 Å². The number of piperazine rings is 1. The van der Waals surface area contributed by atoms with Crippen molar-refractivity contribution in [2.75, 3.05) is 24.5 Å². The number of fused-ring (bicyclic) bond motifs is 1. The van der Waals surface area contributed by atoms with E-state index in [1.54, 1.807) is 18.3 Å². The second kappa shape index (κ2) is 10.4. The first kappa shape index (κ1) is 27.3. The molecule has 5 rings (SSSR count). The number of nitrogens with zero attached hydrogens (tertiary/aromatic N) is 6. The molecule has 3 aromatic heterocycles. The number of anilines is 1. The Labute approximate surface area is 234 Å². The lowest BCUT2D eigenvalue weighted by molar-refractivity contribution is 0.136. The molecule has 0 aliphatic carbocycles. The fourth-order valence-corrected chi connectivity index (χ4v) is 5.40. The van der Waals surface area contributed by atoms with E-state index >= 15 is 0 Å². The van der Waals surface area contributed by atoms with E-state index < -0.39 is 17.6 Å². The van der Waals surface area contributed by atoms with Crippen LogP contribution in [0, 0.1) is 12.7 Å². The maximum Gasteiger partial charge on any atom is 0.407 e. The number of aromatic nitrogens is 4. The SMILES string of the molecule is Cc1ccnc(C(C)C)c1-n1c(=O)nc(N2CCN(C(=O)O)C[C@@H]2C)c2cc(Cl)c(-c3cc(F)ccc3O)nc21. The molecule has 1 aromatic carbocycles. The fourth-order valence-electron chi connectivity index (χ4n) is 5.14. The molecule has 208 valence electrons. The summed E-state index contributed by atoms with van der Waals surface area (Å²) < 4.78 is 15.6. The van der Waals surface area contributed by atoms with Crippen molar-refractivity contribution in [3.05, 3.63) is 69.1 Å². The van der Waals surface area contributed by atoms with Crippen molar-refractivity contribution < 1.29 is 19.4 Å². The third kappa shape index (κ3) is 4.70. The number of halogens is 2. The van der Waals surface area contributed by atoms with Gasteiger partial charge >= 0.3 is 11.8 Å². The number of aromatic hydroxyl groups is 1. The highest BCUT2D eigenvalue weighted by atomic mass is 35.5. The summed E-state index contributed by atoms with van der Waals surface area (Å²) in [6, 6.07) is 6.55. The molecule has 4 heterocycles. The first-order valence-corrected chi connectivity index (χ1v) is 13.2. The quantitative estimate of drug-likeness (QED) is 0.355. The van der Waals surface area contributed by atoms with Gasteiger partial charge in [-0.3, -0.25) is 4.98 Å². The summed E-state index contributed by atoms with van der Waals surface area (Å²) in [5, 5.41) is 20.6. The summed E-state index contributed by atoms with van der Waals surface area (Å²) in [6.07, 6.45) is 0.657. The fraction of sp³-hybridized carbons (Fsp3) is 0.321. The second-order valence-electron chi connectivity index (χ2n) is 10.2. The number of pyridine rings is 2. The molecule has 12 heteroatoms. The van der Waals surface area contributed by atoms with Gasteiger partial charge in [0.2, 0.25) is 0 Å². The van der Waals surface area contributed by atoms with Gasteiger partial charge < -0.3 is 20.0 Å². The summed E-state index contributed by atoms with van der Waals surface area (Å²) in [7, 11) is 0. The number of aryl methyl sites for hydroxylation is 1. The summed E-state index contributed by atoms with van der Waals surface area (Å²) in [5.41, 5.74) is 1.70. The molecule has 0 unspecified atom stereocenters. The predicted molar refractivity (Wildman–Crippen MR) is 150 cm³/mol. The molecular formula is C28H28ClFN6O4. The van der Waals surface area contributed by atoms with E-state index in [0.717, 1.165) is 17.7 Å². The van der Waals surface area contributed by atoms with Crippen molar-refractivity contribution >= 4 is 34.5 Å². The van der Waals surface area contributed by atoms with Crippen LogP contribution < -0.4 is 10.6 Å². The Morgan fingerprint density at radius 2 is 1.93 bits per heavy atom. The van der Waals surface area contributed by atoms with E-state index in [2.05, 4.69) is 9.97 Å². The van der Waals surface area contributed by atoms with Crippen LogP contribution in [0.25, 0.3) is 28.0 Å². The Bertz CT molecular complexity index is 1710. The van der Waals surface area contributed by atoms with Crippen molar-refractivity contribution in [2.45, 2.75) is 39.7 Å². The van der Waals surface area contributed by atoms with Crippen LogP contribution in [-0.4, -0.2) is 66.4 Å². The Morgan fingerprint density at radius 3 is 2.60 bits per heavy atom. The van der Waals surface area contributed by atoms with E-state index in [1.165, 1.54) is 15.5 Å². The maximum absolute atomic E-state index is 14.2. The Balaban J connectivity index is 1.85. The van der Waals surface area contributed by atoms with Crippen LogP contribution in [0.15, 0.2) is 41.3 Å². The number of carboxylic acid groups (broad SMARTS) is 1. The van der Waals surface area contributed by atoms with Gasteiger partial charge in [-0.25, -0.2) is 23.5 Å². The molecule has 40 heavy (non-hydrogen) atoms. The number of phenolic OH excluding ortho intramolecular Hbond substituents is 1. The molecule has 0 spiro atoms. The minimum absolute atomic E-state index is 0.0420. The highest BCUT2D eigenvalue weighted by Gasteiger charge is 2.31. The van der Waals surface area contributed by atoms with Crippen molar-refractivity contribution in [1.29, 1.82) is 0 Å². The number of benzene rings is 1. The zero-order valence-electron chi connectivity index (χ0n) is 22.4. The summed E-state index contributed by atoms with van der Waals surface area (Å²) >= 11 is 6.70. The van der Waals surface area contributed by atoms with Gasteiger partial charge in [0.1, 0.15) is 17.4 Å². The van der Waals surface area contributed by atoms with E-state index in [9.17, 15) is 24.2 Å². The van der Waals surface area contributed by atoms with E-state index in [0.29, 0.717) is 29.1 Å². The number of carbonyl (C=O) groups is 1. The number of hydrogen-bond donors (Lipinski definition) is 2. The van der Waals surface area contributed by atoms with Crippen LogP contribution >= 0.6 is 11.6 Å². The van der Waals surface area contributed by atoms with E-state index in [4.69, 9.17) is 16.6 Å². The zero-order chi connectivity index (χ0) is 28.9. The zero-order valence-corrected chi connectivity index (χ0v) is 23.1. The lowest BCUT2D eigenvalue weighted by Crippen LogP contribution is -2.54. The predicted octanol–water partition coefficient (Wildman–Crippen LogP) is 4.96. The molecule has 1 saturated heterocycles. The molecule has 4 aromatic rings. The van der Waals surface area contributed by atoms with Crippen LogP contribution in [0.1, 0.15) is 37.9 Å². The molecule has 1 atom stereocenters. The molecule has 1 amide bonds. The van der Waals surface area contributed by atoms with Crippen LogP contribution in [0.4, 0.5) is 15.0 Å². The first-order valence-electron chi connectivity index (χ1n) is 12.8. The summed E-state index contributed by atoms with van der Waals surface area (Å²) in [4.78, 5) is 42.4. The number of phenols is 1. The third-order valence-corrected chi connectivity index (χ3v) is 7.40. The standard InChI is InChI=1S/C28H28ClFN6O4/c1-14(2)22-24(15(3)7-8-31-22)36-26-19(12-20(29)23(32-26)18-11-17(30)5-6-21(18)37)25(33-27(36)38)35-10-9-34(28(39)40)13-16(35)4/h5-8,11-12,14,16,37H,9-10,13H2,1-4H3,(H,39,40)/t16-/m0/s1. The number of rotatable bonds is 4. The van der Waals surface area contributed by atoms with Crippen LogP contribution in [0.3, 0.4) is 0 Å². The second-order valence-corrected chi connectivity index (χ2v) is 10.6. The van der Waals surface area contributed by atoms with Gasteiger partial charge in [0, 0.05) is 37.4 Å². The van der Waals surface area contributed by atoms with Crippen LogP contribution in [0.5, 0.6) is 5.75 Å². The lowest BCUT2D eigenvalue weighted by Gasteiger charge is -2.39. The van der Waals surface area contributed by atoms with Crippen LogP contribution in [0.2, 0.25) is 5.02 Å². The van der Waals surface area contributed by atoms with Gasteiger partial charge in [-0.2, -0.15) is 4.98 Å². The third-order valence-electron chi connectivity index (χ3n) is 7.11. The highest BCUT2D eigenvalue weighted by Crippen LogP contribution is 2.38. The maximum atomic E-state index is 14.2. The number of amides is 1. The number of hydrogen-bond acceptors (Lipinski definition) is 7. The van der Waals surface area contributed by atoms with Crippen molar-refractivity contribution in [1.82, 2.24) is 24.4 Å². The molecule has 0 saturated carbocycles. The van der Waals surface area contributed by atoms with Gasteiger partial charge in [0.15, 0.2) is 5.65 Å². The molecule has 1 aliphatic heterocycles. The van der Waals surface area contributed by atoms with Crippen molar-refractivity contribution in [3.8, 4) is 22.7 Å². The molecule has 0 radical (unpaired) electrons. The van der Waals surface area contributed by atoms with E-state index in [-0.39, 0.29) is 52.7 Å². The Hall–Kier alpha value is -4.25. The van der Waals surface area contributed by atoms with E-state index in [1.807, 2.05) is 32.6 Å². The lowest BCUT2D eigenvalue weighted by atomic mass is 10.0. The minimum atomic E-state index is -1.02. The molecular weight excluding hydrogens is 539 g/mol. The largest absolute Gasteiger partial charge is 0.507 e. The van der Waals surface area contributed by atoms with Crippen molar-refractivity contribution in [3.63, 3.8) is 0 Å². The van der Waals surface area contributed by atoms with Gasteiger partial charge in [-0.05, 0) is 55.7 Å². The average Bonchev–Trinajstić information content (AvgIpc) is 2.90. The summed E-state index contributed by atoms with van der Waals surface area (Å²) in [5.74, 6) is -0.545. The minimum Gasteiger partial charge on any atom is -0.507 e. The first-order chi connectivity index (χ1) is 19.0.